The molecule has 198 valence electrons. The van der Waals surface area contributed by atoms with Gasteiger partial charge in [0.25, 0.3) is 0 Å². The zero-order valence-corrected chi connectivity index (χ0v) is 21.3. The molecular formula is C27H42O8. The van der Waals surface area contributed by atoms with E-state index in [2.05, 4.69) is 6.92 Å². The highest BCUT2D eigenvalue weighted by atomic mass is 16.6. The standard InChI is InChI=1S/C27H42O8/c1-21-11-5-2-6-12-22(28)32-17-26-18-33-23(29)13-7-3-9-15-27(21,25(31)35-20-26)16-10-4-8-14-24(30)34-19-26/h21H,2-20H2,1H3. The molecule has 0 spiro atoms. The normalized spacial score (nSPS) is 33.3. The van der Waals surface area contributed by atoms with Crippen LogP contribution in [0.25, 0.3) is 0 Å². The van der Waals surface area contributed by atoms with Gasteiger partial charge in [0.15, 0.2) is 0 Å². The molecule has 0 amide bonds. The smallest absolute Gasteiger partial charge is 0.312 e. The maximum atomic E-state index is 13.9. The van der Waals surface area contributed by atoms with E-state index < -0.39 is 10.8 Å². The molecule has 35 heavy (non-hydrogen) atoms. The fourth-order valence-electron chi connectivity index (χ4n) is 5.50. The fraction of sp³-hybridized carbons (Fsp3) is 0.852. The first-order valence-corrected chi connectivity index (χ1v) is 13.5. The lowest BCUT2D eigenvalue weighted by molar-refractivity contribution is -0.177. The molecule has 3 saturated heterocycles. The predicted molar refractivity (Wildman–Crippen MR) is 127 cm³/mol. The molecule has 3 heterocycles. The number of carbonyl (C=O) groups excluding carboxylic acids is 4. The molecule has 8 nitrogen and oxygen atoms in total. The summed E-state index contributed by atoms with van der Waals surface area (Å²) in [6, 6.07) is 0. The summed E-state index contributed by atoms with van der Waals surface area (Å²) in [6.07, 6.45) is 10.5. The minimum Gasteiger partial charge on any atom is -0.465 e. The molecule has 8 heteroatoms. The largest absolute Gasteiger partial charge is 0.465 e. The van der Waals surface area contributed by atoms with Gasteiger partial charge in [0, 0.05) is 19.3 Å². The second-order valence-electron chi connectivity index (χ2n) is 10.8. The number of hydrogen-bond acceptors (Lipinski definition) is 8. The quantitative estimate of drug-likeness (QED) is 0.354. The van der Waals surface area contributed by atoms with Gasteiger partial charge in [-0.2, -0.15) is 0 Å². The Balaban J connectivity index is 2.03. The molecule has 0 saturated carbocycles. The highest BCUT2D eigenvalue weighted by molar-refractivity contribution is 5.77. The summed E-state index contributed by atoms with van der Waals surface area (Å²) < 4.78 is 22.7. The number of rotatable bonds is 0. The molecule has 0 aromatic rings. The lowest BCUT2D eigenvalue weighted by Gasteiger charge is -2.39. The van der Waals surface area contributed by atoms with E-state index in [1.165, 1.54) is 0 Å². The third-order valence-corrected chi connectivity index (χ3v) is 8.00. The summed E-state index contributed by atoms with van der Waals surface area (Å²) in [7, 11) is 0. The van der Waals surface area contributed by atoms with Crippen molar-refractivity contribution in [3.63, 3.8) is 0 Å². The van der Waals surface area contributed by atoms with Crippen molar-refractivity contribution in [1.82, 2.24) is 0 Å². The van der Waals surface area contributed by atoms with E-state index in [1.807, 2.05) is 0 Å². The van der Waals surface area contributed by atoms with Crippen LogP contribution in [0.15, 0.2) is 0 Å². The SMILES string of the molecule is CC1CCCCCC(=O)OCC23COC(=O)CCCCCC1(CCCCCC(=O)OC2)C(=O)OC3. The first-order valence-electron chi connectivity index (χ1n) is 13.5. The Morgan fingerprint density at radius 2 is 1.00 bits per heavy atom. The second kappa shape index (κ2) is 13.3. The van der Waals surface area contributed by atoms with Crippen molar-refractivity contribution in [2.45, 2.75) is 103 Å². The van der Waals surface area contributed by atoms with Gasteiger partial charge in [-0.15, -0.1) is 0 Å². The number of esters is 4. The third-order valence-electron chi connectivity index (χ3n) is 8.00. The molecule has 0 aromatic carbocycles. The average Bonchev–Trinajstić information content (AvgIpc) is 2.85. The van der Waals surface area contributed by atoms with E-state index in [1.54, 1.807) is 0 Å². The Kier molecular flexibility index (Phi) is 10.4. The van der Waals surface area contributed by atoms with Gasteiger partial charge in [0.1, 0.15) is 31.8 Å². The summed E-state index contributed by atoms with van der Waals surface area (Å²) in [4.78, 5) is 51.2. The molecule has 0 N–H and O–H groups in total. The average molecular weight is 495 g/mol. The second-order valence-corrected chi connectivity index (χ2v) is 10.8. The summed E-state index contributed by atoms with van der Waals surface area (Å²) in [6.45, 7) is 1.56. The molecule has 1 atom stereocenters. The topological polar surface area (TPSA) is 105 Å². The molecule has 0 radical (unpaired) electrons. The van der Waals surface area contributed by atoms with Crippen LogP contribution in [0.1, 0.15) is 103 Å². The van der Waals surface area contributed by atoms with E-state index in [9.17, 15) is 19.2 Å². The molecule has 0 aliphatic carbocycles. The van der Waals surface area contributed by atoms with Gasteiger partial charge in [-0.05, 0) is 44.4 Å². The van der Waals surface area contributed by atoms with E-state index in [0.717, 1.165) is 64.2 Å². The Labute approximate surface area is 208 Å². The Morgan fingerprint density at radius 1 is 0.571 bits per heavy atom. The van der Waals surface area contributed by atoms with Crippen molar-refractivity contribution < 1.29 is 38.1 Å². The molecule has 2 bridgehead atoms. The van der Waals surface area contributed by atoms with E-state index >= 15 is 0 Å². The van der Waals surface area contributed by atoms with Crippen molar-refractivity contribution in [2.24, 2.45) is 16.7 Å². The van der Waals surface area contributed by atoms with Crippen LogP contribution in [0.4, 0.5) is 0 Å². The third kappa shape index (κ3) is 7.94. The van der Waals surface area contributed by atoms with Gasteiger partial charge in [-0.1, -0.05) is 45.4 Å². The molecule has 3 aliphatic heterocycles. The number of cyclic esters (lactones) is 3. The van der Waals surface area contributed by atoms with Crippen LogP contribution in [0, 0.1) is 16.7 Å². The van der Waals surface area contributed by atoms with Crippen molar-refractivity contribution in [2.75, 3.05) is 26.4 Å². The summed E-state index contributed by atoms with van der Waals surface area (Å²) in [5.41, 5.74) is -1.75. The van der Waals surface area contributed by atoms with Crippen LogP contribution in [0.2, 0.25) is 0 Å². The Bertz CT molecular complexity index is 715. The number of ether oxygens (including phenoxy) is 4. The zero-order valence-electron chi connectivity index (χ0n) is 21.3. The van der Waals surface area contributed by atoms with Crippen LogP contribution in [0.5, 0.6) is 0 Å². The molecular weight excluding hydrogens is 452 g/mol. The Hall–Kier alpha value is -2.12. The molecule has 3 rings (SSSR count). The van der Waals surface area contributed by atoms with Crippen molar-refractivity contribution in [3.8, 4) is 0 Å². The summed E-state index contributed by atoms with van der Waals surface area (Å²) >= 11 is 0. The van der Waals surface area contributed by atoms with E-state index in [0.29, 0.717) is 19.3 Å². The monoisotopic (exact) mass is 494 g/mol. The predicted octanol–water partition coefficient (Wildman–Crippen LogP) is 4.66. The lowest BCUT2D eigenvalue weighted by Crippen LogP contribution is -2.46. The molecule has 1 unspecified atom stereocenters. The summed E-state index contributed by atoms with van der Waals surface area (Å²) in [5, 5.41) is 0. The number of hydrogen-bond donors (Lipinski definition) is 0. The van der Waals surface area contributed by atoms with E-state index in [4.69, 9.17) is 18.9 Å². The molecule has 3 fully saturated rings. The lowest BCUT2D eigenvalue weighted by atomic mass is 9.67. The number of carbonyl (C=O) groups is 4. The van der Waals surface area contributed by atoms with Crippen molar-refractivity contribution in [3.05, 3.63) is 0 Å². The van der Waals surface area contributed by atoms with Gasteiger partial charge in [-0.3, -0.25) is 19.2 Å². The molecule has 3 aliphatic rings. The fourth-order valence-corrected chi connectivity index (χ4v) is 5.50. The van der Waals surface area contributed by atoms with Gasteiger partial charge in [-0.25, -0.2) is 0 Å². The highest BCUT2D eigenvalue weighted by Crippen LogP contribution is 2.44. The van der Waals surface area contributed by atoms with Crippen LogP contribution in [-0.2, 0) is 38.1 Å². The van der Waals surface area contributed by atoms with Crippen LogP contribution >= 0.6 is 0 Å². The van der Waals surface area contributed by atoms with Crippen molar-refractivity contribution in [1.29, 1.82) is 0 Å². The maximum absolute atomic E-state index is 13.9. The van der Waals surface area contributed by atoms with Crippen LogP contribution in [-0.4, -0.2) is 50.3 Å². The first-order chi connectivity index (χ1) is 16.9. The van der Waals surface area contributed by atoms with Gasteiger partial charge in [0.2, 0.25) is 0 Å². The maximum Gasteiger partial charge on any atom is 0.312 e. The minimum atomic E-state index is -1.14. The molecule has 0 aromatic heterocycles. The van der Waals surface area contributed by atoms with Gasteiger partial charge >= 0.3 is 23.9 Å². The minimum absolute atomic E-state index is 0.130. The highest BCUT2D eigenvalue weighted by Gasteiger charge is 2.46. The van der Waals surface area contributed by atoms with Crippen LogP contribution < -0.4 is 0 Å². The van der Waals surface area contributed by atoms with E-state index in [-0.39, 0.29) is 69.1 Å². The Morgan fingerprint density at radius 3 is 1.49 bits per heavy atom. The summed E-state index contributed by atoms with van der Waals surface area (Å²) in [5.74, 6) is -1.15. The van der Waals surface area contributed by atoms with Crippen molar-refractivity contribution >= 4 is 23.9 Å². The first kappa shape index (κ1) is 27.5. The van der Waals surface area contributed by atoms with Gasteiger partial charge in [0.05, 0.1) is 5.41 Å². The van der Waals surface area contributed by atoms with Gasteiger partial charge < -0.3 is 18.9 Å². The zero-order chi connectivity index (χ0) is 25.2. The van der Waals surface area contributed by atoms with Crippen LogP contribution in [0.3, 0.4) is 0 Å².